The van der Waals surface area contributed by atoms with E-state index in [9.17, 15) is 0 Å². The maximum Gasteiger partial charge on any atom is 0.0574 e. The number of nitrogens with zero attached hydrogens (tertiary/aromatic N) is 2. The minimum atomic E-state index is 0.307. The number of hydrogen-bond donors (Lipinski definition) is 1. The molecule has 2 aliphatic heterocycles. The Morgan fingerprint density at radius 3 is 2.53 bits per heavy atom. The molecule has 2 rings (SSSR count). The van der Waals surface area contributed by atoms with E-state index in [1.165, 1.54) is 39.0 Å². The predicted molar refractivity (Wildman–Crippen MR) is 63.6 cm³/mol. The zero-order chi connectivity index (χ0) is 10.8. The first-order valence-electron chi connectivity index (χ1n) is 6.46. The number of hydrogen-bond acceptors (Lipinski definition) is 3. The summed E-state index contributed by atoms with van der Waals surface area (Å²) in [5.41, 5.74) is 6.24. The topological polar surface area (TPSA) is 32.5 Å². The monoisotopic (exact) mass is 211 g/mol. The van der Waals surface area contributed by atoms with Gasteiger partial charge in [0.1, 0.15) is 0 Å². The third-order valence-corrected chi connectivity index (χ3v) is 4.31. The van der Waals surface area contributed by atoms with Crippen molar-refractivity contribution in [1.29, 1.82) is 0 Å². The molecule has 0 aromatic rings. The zero-order valence-corrected chi connectivity index (χ0v) is 10.2. The minimum Gasteiger partial charge on any atom is -0.316 e. The molecule has 3 heteroatoms. The van der Waals surface area contributed by atoms with Crippen molar-refractivity contribution in [3.05, 3.63) is 0 Å². The van der Waals surface area contributed by atoms with Crippen LogP contribution in [0.3, 0.4) is 0 Å². The average Bonchev–Trinajstić information content (AvgIpc) is 2.55. The standard InChI is InChI=1S/C12H25N3/c1-3-14-8-10-5-6-15(4-2)12(13)7-11(10)9-14/h10-12H,3-9,13H2,1-2H3. The van der Waals surface area contributed by atoms with Gasteiger partial charge in [-0.25, -0.2) is 0 Å². The van der Waals surface area contributed by atoms with E-state index in [0.29, 0.717) is 6.17 Å². The van der Waals surface area contributed by atoms with Crippen LogP contribution in [0.5, 0.6) is 0 Å². The Bertz CT molecular complexity index is 207. The van der Waals surface area contributed by atoms with Gasteiger partial charge < -0.3 is 10.6 Å². The van der Waals surface area contributed by atoms with Crippen LogP contribution in [0.15, 0.2) is 0 Å². The van der Waals surface area contributed by atoms with E-state index in [1.807, 2.05) is 0 Å². The van der Waals surface area contributed by atoms with E-state index in [-0.39, 0.29) is 0 Å². The van der Waals surface area contributed by atoms with Crippen molar-refractivity contribution in [3.8, 4) is 0 Å². The predicted octanol–water partition coefficient (Wildman–Crippen LogP) is 0.955. The Labute approximate surface area is 93.6 Å². The number of rotatable bonds is 2. The van der Waals surface area contributed by atoms with Gasteiger partial charge in [0, 0.05) is 13.1 Å². The van der Waals surface area contributed by atoms with Crippen LogP contribution in [-0.2, 0) is 0 Å². The molecule has 88 valence electrons. The lowest BCUT2D eigenvalue weighted by Gasteiger charge is -2.26. The Morgan fingerprint density at radius 1 is 1.13 bits per heavy atom. The normalized spacial score (nSPS) is 39.0. The molecule has 0 radical (unpaired) electrons. The maximum atomic E-state index is 6.24. The molecule has 0 saturated carbocycles. The van der Waals surface area contributed by atoms with Crippen molar-refractivity contribution in [1.82, 2.24) is 9.80 Å². The molecule has 2 aliphatic rings. The second-order valence-corrected chi connectivity index (χ2v) is 5.09. The van der Waals surface area contributed by atoms with Gasteiger partial charge in [0.05, 0.1) is 6.17 Å². The molecule has 0 amide bonds. The molecular weight excluding hydrogens is 186 g/mol. The molecule has 2 saturated heterocycles. The fourth-order valence-corrected chi connectivity index (χ4v) is 3.24. The lowest BCUT2D eigenvalue weighted by Crippen LogP contribution is -2.42. The van der Waals surface area contributed by atoms with Crippen LogP contribution >= 0.6 is 0 Å². The van der Waals surface area contributed by atoms with Gasteiger partial charge in [0.25, 0.3) is 0 Å². The quantitative estimate of drug-likeness (QED) is 0.738. The molecule has 0 bridgehead atoms. The van der Waals surface area contributed by atoms with Crippen LogP contribution < -0.4 is 5.73 Å². The third kappa shape index (κ3) is 2.35. The summed E-state index contributed by atoms with van der Waals surface area (Å²) in [4.78, 5) is 5.03. The van der Waals surface area contributed by atoms with Crippen molar-refractivity contribution >= 4 is 0 Å². The van der Waals surface area contributed by atoms with Gasteiger partial charge in [-0.15, -0.1) is 0 Å². The third-order valence-electron chi connectivity index (χ3n) is 4.31. The molecule has 0 spiro atoms. The van der Waals surface area contributed by atoms with E-state index >= 15 is 0 Å². The van der Waals surface area contributed by atoms with Crippen LogP contribution in [0, 0.1) is 11.8 Å². The summed E-state index contributed by atoms with van der Waals surface area (Å²) >= 11 is 0. The molecule has 0 aromatic carbocycles. The van der Waals surface area contributed by atoms with Gasteiger partial charge in [0.2, 0.25) is 0 Å². The summed E-state index contributed by atoms with van der Waals surface area (Å²) in [7, 11) is 0. The molecule has 15 heavy (non-hydrogen) atoms. The number of likely N-dealkylation sites (tertiary alicyclic amines) is 2. The number of fused-ring (bicyclic) bond motifs is 1. The van der Waals surface area contributed by atoms with Gasteiger partial charge in [-0.3, -0.25) is 4.90 Å². The van der Waals surface area contributed by atoms with Gasteiger partial charge in [-0.2, -0.15) is 0 Å². The maximum absolute atomic E-state index is 6.24. The molecule has 3 unspecified atom stereocenters. The van der Waals surface area contributed by atoms with Crippen LogP contribution in [0.4, 0.5) is 0 Å². The summed E-state index contributed by atoms with van der Waals surface area (Å²) in [6, 6.07) is 0. The summed E-state index contributed by atoms with van der Waals surface area (Å²) in [6.45, 7) is 10.6. The Hall–Kier alpha value is -0.120. The van der Waals surface area contributed by atoms with Crippen molar-refractivity contribution < 1.29 is 0 Å². The highest BCUT2D eigenvalue weighted by Crippen LogP contribution is 2.32. The van der Waals surface area contributed by atoms with Crippen LogP contribution in [-0.4, -0.2) is 48.7 Å². The number of nitrogens with two attached hydrogens (primary N) is 1. The SMILES string of the molecule is CCN1CC2CCN(CC)C(N)CC2C1. The van der Waals surface area contributed by atoms with Crippen LogP contribution in [0.25, 0.3) is 0 Å². The molecule has 2 N–H and O–H groups in total. The second-order valence-electron chi connectivity index (χ2n) is 5.09. The summed E-state index contributed by atoms with van der Waals surface area (Å²) in [5.74, 6) is 1.77. The molecule has 3 nitrogen and oxygen atoms in total. The highest BCUT2D eigenvalue weighted by molar-refractivity contribution is 4.89. The highest BCUT2D eigenvalue weighted by atomic mass is 15.2. The van der Waals surface area contributed by atoms with Crippen molar-refractivity contribution in [2.24, 2.45) is 17.6 Å². The fourth-order valence-electron chi connectivity index (χ4n) is 3.24. The molecule has 0 aliphatic carbocycles. The lowest BCUT2D eigenvalue weighted by atomic mass is 9.91. The van der Waals surface area contributed by atoms with E-state index in [2.05, 4.69) is 23.6 Å². The minimum absolute atomic E-state index is 0.307. The van der Waals surface area contributed by atoms with Gasteiger partial charge >= 0.3 is 0 Å². The first kappa shape index (κ1) is 11.4. The van der Waals surface area contributed by atoms with Crippen molar-refractivity contribution in [3.63, 3.8) is 0 Å². The Kier molecular flexibility index (Phi) is 3.65. The summed E-state index contributed by atoms with van der Waals surface area (Å²) in [6.07, 6.45) is 2.86. The Morgan fingerprint density at radius 2 is 1.87 bits per heavy atom. The molecule has 3 atom stereocenters. The molecule has 2 heterocycles. The van der Waals surface area contributed by atoms with Crippen LogP contribution in [0.2, 0.25) is 0 Å². The first-order chi connectivity index (χ1) is 7.24. The Balaban J connectivity index is 1.97. The van der Waals surface area contributed by atoms with Crippen LogP contribution in [0.1, 0.15) is 26.7 Å². The van der Waals surface area contributed by atoms with Gasteiger partial charge in [-0.1, -0.05) is 13.8 Å². The second kappa shape index (κ2) is 4.81. The van der Waals surface area contributed by atoms with Crippen molar-refractivity contribution in [2.75, 3.05) is 32.7 Å². The highest BCUT2D eigenvalue weighted by Gasteiger charge is 2.36. The zero-order valence-electron chi connectivity index (χ0n) is 10.2. The lowest BCUT2D eigenvalue weighted by molar-refractivity contribution is 0.198. The van der Waals surface area contributed by atoms with Crippen molar-refractivity contribution in [2.45, 2.75) is 32.9 Å². The van der Waals surface area contributed by atoms with Gasteiger partial charge in [-0.05, 0) is 44.3 Å². The summed E-state index contributed by atoms with van der Waals surface area (Å²) < 4.78 is 0. The van der Waals surface area contributed by atoms with E-state index in [0.717, 1.165) is 18.4 Å². The van der Waals surface area contributed by atoms with E-state index in [1.54, 1.807) is 0 Å². The average molecular weight is 211 g/mol. The molecular formula is C12H25N3. The molecule has 0 aromatic heterocycles. The largest absolute Gasteiger partial charge is 0.316 e. The molecule has 2 fully saturated rings. The van der Waals surface area contributed by atoms with Gasteiger partial charge in [0.15, 0.2) is 0 Å². The summed E-state index contributed by atoms with van der Waals surface area (Å²) in [5, 5.41) is 0. The van der Waals surface area contributed by atoms with E-state index < -0.39 is 0 Å². The first-order valence-corrected chi connectivity index (χ1v) is 6.46. The smallest absolute Gasteiger partial charge is 0.0574 e. The van der Waals surface area contributed by atoms with E-state index in [4.69, 9.17) is 5.73 Å². The fraction of sp³-hybridized carbons (Fsp3) is 1.00.